The lowest BCUT2D eigenvalue weighted by Crippen LogP contribution is -2.27. The molecule has 1 aromatic carbocycles. The third kappa shape index (κ3) is 3.58. The van der Waals surface area contributed by atoms with Crippen LogP contribution in [0.5, 0.6) is 0 Å². The number of para-hydroxylation sites is 1. The normalized spacial score (nSPS) is 13.7. The van der Waals surface area contributed by atoms with Crippen LogP contribution < -0.4 is 11.1 Å². The van der Waals surface area contributed by atoms with Crippen molar-refractivity contribution in [3.8, 4) is 16.4 Å². The summed E-state index contributed by atoms with van der Waals surface area (Å²) in [6.45, 7) is 0. The van der Waals surface area contributed by atoms with Crippen LogP contribution in [0, 0.1) is 0 Å². The molecule has 0 unspecified atom stereocenters. The zero-order valence-electron chi connectivity index (χ0n) is 15.4. The number of nitrogens with two attached hydrogens (primary N) is 1. The molecule has 1 saturated carbocycles. The smallest absolute Gasteiger partial charge is 0.230 e. The molecule has 3 aromatic heterocycles. The van der Waals surface area contributed by atoms with Gasteiger partial charge in [-0.3, -0.25) is 9.36 Å². The molecule has 0 radical (unpaired) electrons. The number of thiophene rings is 1. The maximum Gasteiger partial charge on any atom is 0.230 e. The van der Waals surface area contributed by atoms with E-state index in [4.69, 9.17) is 5.73 Å². The quantitative estimate of drug-likeness (QED) is 0.462. The van der Waals surface area contributed by atoms with Gasteiger partial charge in [-0.05, 0) is 37.1 Å². The highest BCUT2D eigenvalue weighted by Crippen LogP contribution is 2.40. The van der Waals surface area contributed by atoms with E-state index in [0.29, 0.717) is 28.5 Å². The number of aromatic nitrogens is 4. The number of fused-ring (bicyclic) bond motifs is 1. The van der Waals surface area contributed by atoms with Crippen molar-refractivity contribution in [1.29, 1.82) is 0 Å². The number of carbonyl (C=O) groups is 1. The second kappa shape index (κ2) is 7.49. The van der Waals surface area contributed by atoms with E-state index in [-0.39, 0.29) is 5.91 Å². The first kappa shape index (κ1) is 18.1. The lowest BCUT2D eigenvalue weighted by molar-refractivity contribution is -0.118. The maximum absolute atomic E-state index is 12.1. The molecule has 7 nitrogen and oxygen atoms in total. The number of pyridine rings is 1. The third-order valence-corrected chi connectivity index (χ3v) is 6.68. The summed E-state index contributed by atoms with van der Waals surface area (Å²) < 4.78 is 1.95. The van der Waals surface area contributed by atoms with Crippen LogP contribution in [0.3, 0.4) is 0 Å². The number of hydrogen-bond donors (Lipinski definition) is 2. The Labute approximate surface area is 175 Å². The first-order valence-electron chi connectivity index (χ1n) is 9.27. The molecule has 29 heavy (non-hydrogen) atoms. The molecule has 0 bridgehead atoms. The van der Waals surface area contributed by atoms with Gasteiger partial charge < -0.3 is 11.1 Å². The fourth-order valence-corrected chi connectivity index (χ4v) is 4.87. The van der Waals surface area contributed by atoms with Crippen molar-refractivity contribution in [3.63, 3.8) is 0 Å². The minimum absolute atomic E-state index is 0.0206. The molecular formula is C20H18N6OS2. The Hall–Kier alpha value is -2.91. The van der Waals surface area contributed by atoms with Crippen LogP contribution in [0.2, 0.25) is 0 Å². The Bertz CT molecular complexity index is 1180. The Kier molecular flexibility index (Phi) is 4.69. The van der Waals surface area contributed by atoms with Crippen LogP contribution in [0.25, 0.3) is 26.6 Å². The van der Waals surface area contributed by atoms with Gasteiger partial charge in [0.2, 0.25) is 5.91 Å². The molecule has 0 spiro atoms. The first-order valence-corrected chi connectivity index (χ1v) is 11.1. The van der Waals surface area contributed by atoms with Gasteiger partial charge in [-0.25, -0.2) is 4.98 Å². The Morgan fingerprint density at radius 2 is 2.03 bits per heavy atom. The number of amides is 1. The van der Waals surface area contributed by atoms with Gasteiger partial charge in [-0.1, -0.05) is 30.0 Å². The molecule has 9 heteroatoms. The fraction of sp³-hybridized carbons (Fsp3) is 0.200. The monoisotopic (exact) mass is 422 g/mol. The zero-order chi connectivity index (χ0) is 19.8. The minimum atomic E-state index is 0.0206. The van der Waals surface area contributed by atoms with Gasteiger partial charge >= 0.3 is 0 Å². The molecule has 5 rings (SSSR count). The van der Waals surface area contributed by atoms with Gasteiger partial charge in [0, 0.05) is 23.3 Å². The van der Waals surface area contributed by atoms with Crippen LogP contribution in [0.1, 0.15) is 12.8 Å². The Balaban J connectivity index is 1.55. The standard InChI is InChI=1S/C20H18N6OS2/c21-16-14-7-4-10-22-19(14)29-17(16)18-24-25-20(26(18)13-5-2-1-3-6-13)28-11-15(27)23-12-8-9-12/h1-7,10,12H,8-9,11,21H2,(H,23,27). The molecule has 3 heterocycles. The number of nitrogens with one attached hydrogen (secondary N) is 1. The van der Waals surface area contributed by atoms with E-state index in [2.05, 4.69) is 20.5 Å². The van der Waals surface area contributed by atoms with Gasteiger partial charge in [0.05, 0.1) is 16.3 Å². The highest BCUT2D eigenvalue weighted by Gasteiger charge is 2.25. The fourth-order valence-electron chi connectivity index (χ4n) is 3.06. The average molecular weight is 423 g/mol. The summed E-state index contributed by atoms with van der Waals surface area (Å²) in [7, 11) is 0. The van der Waals surface area contributed by atoms with Gasteiger partial charge in [-0.2, -0.15) is 0 Å². The number of rotatable bonds is 6. The van der Waals surface area contributed by atoms with Gasteiger partial charge in [0.1, 0.15) is 4.83 Å². The molecular weight excluding hydrogens is 404 g/mol. The molecule has 1 aliphatic rings. The maximum atomic E-state index is 12.1. The first-order chi connectivity index (χ1) is 14.2. The van der Waals surface area contributed by atoms with E-state index in [9.17, 15) is 4.79 Å². The number of nitrogen functional groups attached to an aromatic ring is 1. The SMILES string of the molecule is Nc1c(-c2nnc(SCC(=O)NC3CC3)n2-c2ccccc2)sc2ncccc12. The molecule has 1 fully saturated rings. The molecule has 0 atom stereocenters. The molecule has 0 aliphatic heterocycles. The second-order valence-corrected chi connectivity index (χ2v) is 8.75. The largest absolute Gasteiger partial charge is 0.397 e. The van der Waals surface area contributed by atoms with Crippen molar-refractivity contribution in [1.82, 2.24) is 25.1 Å². The number of carbonyl (C=O) groups excluding carboxylic acids is 1. The summed E-state index contributed by atoms with van der Waals surface area (Å²) in [6.07, 6.45) is 3.89. The van der Waals surface area contributed by atoms with Crippen LogP contribution in [0.15, 0.2) is 53.8 Å². The van der Waals surface area contributed by atoms with Gasteiger partial charge in [0.25, 0.3) is 0 Å². The lowest BCUT2D eigenvalue weighted by atomic mass is 10.2. The molecule has 0 saturated heterocycles. The van der Waals surface area contributed by atoms with E-state index >= 15 is 0 Å². The highest BCUT2D eigenvalue weighted by molar-refractivity contribution is 7.99. The van der Waals surface area contributed by atoms with Crippen LogP contribution in [-0.2, 0) is 4.79 Å². The zero-order valence-corrected chi connectivity index (χ0v) is 17.0. The van der Waals surface area contributed by atoms with E-state index < -0.39 is 0 Å². The number of anilines is 1. The van der Waals surface area contributed by atoms with Crippen molar-refractivity contribution in [3.05, 3.63) is 48.7 Å². The van der Waals surface area contributed by atoms with Crippen molar-refractivity contribution >= 4 is 44.9 Å². The van der Waals surface area contributed by atoms with Crippen LogP contribution >= 0.6 is 23.1 Å². The number of hydrogen-bond acceptors (Lipinski definition) is 7. The molecule has 4 aromatic rings. The summed E-state index contributed by atoms with van der Waals surface area (Å²) in [4.78, 5) is 18.2. The topological polar surface area (TPSA) is 98.7 Å². The van der Waals surface area contributed by atoms with Crippen LogP contribution in [-0.4, -0.2) is 37.5 Å². The van der Waals surface area contributed by atoms with Crippen molar-refractivity contribution in [2.45, 2.75) is 24.0 Å². The third-order valence-electron chi connectivity index (χ3n) is 4.63. The van der Waals surface area contributed by atoms with Crippen LogP contribution in [0.4, 0.5) is 5.69 Å². The summed E-state index contributed by atoms with van der Waals surface area (Å²) in [6, 6.07) is 14.0. The van der Waals surface area contributed by atoms with E-state index in [1.165, 1.54) is 23.1 Å². The van der Waals surface area contributed by atoms with Gasteiger partial charge in [0.15, 0.2) is 11.0 Å². The molecule has 146 valence electrons. The van der Waals surface area contributed by atoms with Crippen molar-refractivity contribution in [2.75, 3.05) is 11.5 Å². The highest BCUT2D eigenvalue weighted by atomic mass is 32.2. The predicted octanol–water partition coefficient (Wildman–Crippen LogP) is 3.50. The Morgan fingerprint density at radius 3 is 2.79 bits per heavy atom. The lowest BCUT2D eigenvalue weighted by Gasteiger charge is -2.10. The van der Waals surface area contributed by atoms with E-state index in [1.807, 2.05) is 47.0 Å². The van der Waals surface area contributed by atoms with E-state index in [0.717, 1.165) is 33.6 Å². The van der Waals surface area contributed by atoms with Crippen molar-refractivity contribution in [2.24, 2.45) is 0 Å². The van der Waals surface area contributed by atoms with Crippen molar-refractivity contribution < 1.29 is 4.79 Å². The molecule has 1 aliphatic carbocycles. The second-order valence-electron chi connectivity index (χ2n) is 6.81. The Morgan fingerprint density at radius 1 is 1.21 bits per heavy atom. The molecule has 3 N–H and O–H groups in total. The average Bonchev–Trinajstić information content (AvgIpc) is 3.36. The molecule has 1 amide bonds. The minimum Gasteiger partial charge on any atom is -0.397 e. The summed E-state index contributed by atoms with van der Waals surface area (Å²) in [5.74, 6) is 0.972. The predicted molar refractivity (Wildman–Crippen MR) is 116 cm³/mol. The number of benzene rings is 1. The summed E-state index contributed by atoms with van der Waals surface area (Å²) in [5.41, 5.74) is 7.99. The van der Waals surface area contributed by atoms with Gasteiger partial charge in [-0.15, -0.1) is 21.5 Å². The summed E-state index contributed by atoms with van der Waals surface area (Å²) in [5, 5.41) is 13.4. The van der Waals surface area contributed by atoms with E-state index in [1.54, 1.807) is 6.20 Å². The number of thioether (sulfide) groups is 1. The summed E-state index contributed by atoms with van der Waals surface area (Å²) >= 11 is 2.87. The number of nitrogens with zero attached hydrogens (tertiary/aromatic N) is 4.